The van der Waals surface area contributed by atoms with E-state index in [1.165, 1.54) is 0 Å². The molecule has 0 spiro atoms. The quantitative estimate of drug-likeness (QED) is 0.162. The van der Waals surface area contributed by atoms with Crippen molar-refractivity contribution >= 4 is 23.9 Å². The third-order valence-electron chi connectivity index (χ3n) is 5.53. The highest BCUT2D eigenvalue weighted by atomic mass is 19.1. The zero-order valence-electron chi connectivity index (χ0n) is 19.7. The standard InChI is InChI=1S/C28H12F4O8/c29-13-5-1-9-17-21(13)25(33)38-19-11-3-7-15(31)23(19)27(35)40-20-12-4-8-16(32)24(20)28(36)39-18-10-2-6-14(30)22(18)26(34)37-17/h1-12H. The number of benzene rings is 4. The van der Waals surface area contributed by atoms with E-state index in [-0.39, 0.29) is 0 Å². The van der Waals surface area contributed by atoms with Gasteiger partial charge in [-0.05, 0) is 48.5 Å². The molecule has 4 aromatic carbocycles. The molecule has 1 aliphatic heterocycles. The summed E-state index contributed by atoms with van der Waals surface area (Å²) in [5.41, 5.74) is -3.86. The minimum atomic E-state index is -1.53. The topological polar surface area (TPSA) is 105 Å². The Hall–Kier alpha value is -5.52. The molecule has 0 saturated heterocycles. The van der Waals surface area contributed by atoms with E-state index in [9.17, 15) is 36.7 Å². The molecule has 0 bridgehead atoms. The van der Waals surface area contributed by atoms with Crippen molar-refractivity contribution in [3.05, 3.63) is 118 Å². The van der Waals surface area contributed by atoms with Gasteiger partial charge < -0.3 is 18.9 Å². The first-order valence-electron chi connectivity index (χ1n) is 11.2. The Bertz CT molecular complexity index is 1480. The summed E-state index contributed by atoms with van der Waals surface area (Å²) < 4.78 is 79.3. The molecule has 0 saturated carbocycles. The predicted octanol–water partition coefficient (Wildman–Crippen LogP) is 5.43. The van der Waals surface area contributed by atoms with Crippen molar-refractivity contribution in [2.75, 3.05) is 0 Å². The van der Waals surface area contributed by atoms with Gasteiger partial charge in [0.05, 0.1) is 0 Å². The van der Waals surface area contributed by atoms with Gasteiger partial charge in [-0.2, -0.15) is 0 Å². The van der Waals surface area contributed by atoms with Crippen LogP contribution in [0, 0.1) is 23.3 Å². The first kappa shape index (κ1) is 26.1. The van der Waals surface area contributed by atoms with Gasteiger partial charge in [0.2, 0.25) is 0 Å². The molecule has 200 valence electrons. The van der Waals surface area contributed by atoms with Crippen molar-refractivity contribution in [1.29, 1.82) is 0 Å². The van der Waals surface area contributed by atoms with Gasteiger partial charge >= 0.3 is 23.9 Å². The minimum Gasteiger partial charge on any atom is -0.422 e. The number of halogens is 4. The molecular formula is C28H12F4O8. The third kappa shape index (κ3) is 4.73. The number of fused-ring (bicyclic) bond motifs is 4. The Morgan fingerprint density at radius 2 is 0.550 bits per heavy atom. The van der Waals surface area contributed by atoms with Crippen molar-refractivity contribution in [1.82, 2.24) is 0 Å². The summed E-state index contributed by atoms with van der Waals surface area (Å²) in [4.78, 5) is 51.9. The van der Waals surface area contributed by atoms with Crippen molar-refractivity contribution in [3.8, 4) is 23.0 Å². The van der Waals surface area contributed by atoms with Crippen LogP contribution in [0.5, 0.6) is 23.0 Å². The van der Waals surface area contributed by atoms with Crippen LogP contribution < -0.4 is 18.9 Å². The maximum atomic E-state index is 14.8. The van der Waals surface area contributed by atoms with Gasteiger partial charge in [-0.1, -0.05) is 24.3 Å². The number of esters is 4. The summed E-state index contributed by atoms with van der Waals surface area (Å²) in [6.45, 7) is 0. The van der Waals surface area contributed by atoms with Crippen LogP contribution in [0.25, 0.3) is 0 Å². The first-order valence-corrected chi connectivity index (χ1v) is 11.2. The third-order valence-corrected chi connectivity index (χ3v) is 5.53. The number of ether oxygens (including phenoxy) is 4. The molecule has 8 nitrogen and oxygen atoms in total. The molecule has 4 aromatic rings. The fourth-order valence-corrected chi connectivity index (χ4v) is 3.75. The molecule has 0 N–H and O–H groups in total. The van der Waals surface area contributed by atoms with E-state index in [1.54, 1.807) is 0 Å². The average molecular weight is 552 g/mol. The van der Waals surface area contributed by atoms with Crippen LogP contribution in [0.1, 0.15) is 41.4 Å². The molecule has 1 heterocycles. The molecule has 0 aliphatic carbocycles. The van der Waals surface area contributed by atoms with Crippen LogP contribution in [0.3, 0.4) is 0 Å². The zero-order valence-corrected chi connectivity index (χ0v) is 19.7. The molecular weight excluding hydrogens is 540 g/mol. The van der Waals surface area contributed by atoms with Gasteiger partial charge in [-0.15, -0.1) is 0 Å². The summed E-state index contributed by atoms with van der Waals surface area (Å²) in [6, 6.07) is 11.4. The number of carbonyl (C=O) groups excluding carboxylic acids is 4. The Labute approximate surface area is 221 Å². The SMILES string of the molecule is O=C1Oc2cccc(F)c2C(=O)Oc2cccc(F)c2C(=O)Oc2cccc(F)c2C(=O)Oc2cccc(F)c21. The molecule has 0 aromatic heterocycles. The molecule has 0 amide bonds. The van der Waals surface area contributed by atoms with Crippen molar-refractivity contribution < 1.29 is 55.7 Å². The van der Waals surface area contributed by atoms with E-state index in [4.69, 9.17) is 18.9 Å². The predicted molar refractivity (Wildman–Crippen MR) is 125 cm³/mol. The number of carbonyl (C=O) groups is 4. The van der Waals surface area contributed by atoms with Gasteiger partial charge in [0.1, 0.15) is 68.5 Å². The molecule has 5 rings (SSSR count). The summed E-state index contributed by atoms with van der Waals surface area (Å²) in [5, 5.41) is 0. The summed E-state index contributed by atoms with van der Waals surface area (Å²) >= 11 is 0. The van der Waals surface area contributed by atoms with E-state index >= 15 is 0 Å². The maximum absolute atomic E-state index is 14.8. The van der Waals surface area contributed by atoms with Gasteiger partial charge in [0, 0.05) is 0 Å². The van der Waals surface area contributed by atoms with Crippen LogP contribution in [-0.2, 0) is 0 Å². The Morgan fingerprint density at radius 1 is 0.350 bits per heavy atom. The number of hydrogen-bond acceptors (Lipinski definition) is 8. The van der Waals surface area contributed by atoms with Crippen molar-refractivity contribution in [3.63, 3.8) is 0 Å². The lowest BCUT2D eigenvalue weighted by Crippen LogP contribution is -2.22. The van der Waals surface area contributed by atoms with E-state index < -0.39 is 92.4 Å². The van der Waals surface area contributed by atoms with E-state index in [1.807, 2.05) is 0 Å². The maximum Gasteiger partial charge on any atom is 0.350 e. The largest absolute Gasteiger partial charge is 0.422 e. The lowest BCUT2D eigenvalue weighted by molar-refractivity contribution is 0.0680. The monoisotopic (exact) mass is 552 g/mol. The number of rotatable bonds is 0. The Morgan fingerprint density at radius 3 is 0.750 bits per heavy atom. The van der Waals surface area contributed by atoms with Crippen LogP contribution >= 0.6 is 0 Å². The van der Waals surface area contributed by atoms with Gasteiger partial charge in [-0.3, -0.25) is 0 Å². The molecule has 0 radical (unpaired) electrons. The average Bonchev–Trinajstić information content (AvgIpc) is 2.88. The van der Waals surface area contributed by atoms with Crippen LogP contribution in [0.4, 0.5) is 17.6 Å². The van der Waals surface area contributed by atoms with Crippen LogP contribution in [0.2, 0.25) is 0 Å². The molecule has 0 atom stereocenters. The van der Waals surface area contributed by atoms with Crippen LogP contribution in [-0.4, -0.2) is 23.9 Å². The fourth-order valence-electron chi connectivity index (χ4n) is 3.75. The van der Waals surface area contributed by atoms with E-state index in [0.29, 0.717) is 0 Å². The van der Waals surface area contributed by atoms with Crippen LogP contribution in [0.15, 0.2) is 72.8 Å². The van der Waals surface area contributed by atoms with Crippen molar-refractivity contribution in [2.24, 2.45) is 0 Å². The summed E-state index contributed by atoms with van der Waals surface area (Å²) in [5.74, 6) is -14.1. The molecule has 0 fully saturated rings. The second kappa shape index (κ2) is 10.3. The highest BCUT2D eigenvalue weighted by molar-refractivity contribution is 6.02. The molecule has 12 heteroatoms. The lowest BCUT2D eigenvalue weighted by atomic mass is 10.1. The highest BCUT2D eigenvalue weighted by Crippen LogP contribution is 2.32. The number of hydrogen-bond donors (Lipinski definition) is 0. The zero-order chi connectivity index (χ0) is 28.6. The molecule has 40 heavy (non-hydrogen) atoms. The first-order chi connectivity index (χ1) is 19.2. The second-order valence-corrected chi connectivity index (χ2v) is 8.01. The smallest absolute Gasteiger partial charge is 0.350 e. The van der Waals surface area contributed by atoms with Gasteiger partial charge in [0.25, 0.3) is 0 Å². The second-order valence-electron chi connectivity index (χ2n) is 8.01. The summed E-state index contributed by atoms with van der Waals surface area (Å²) in [6.07, 6.45) is 0. The minimum absolute atomic E-state index is 0.750. The van der Waals surface area contributed by atoms with Gasteiger partial charge in [0.15, 0.2) is 0 Å². The van der Waals surface area contributed by atoms with Crippen molar-refractivity contribution in [2.45, 2.75) is 0 Å². The van der Waals surface area contributed by atoms with E-state index in [0.717, 1.165) is 72.8 Å². The molecule has 1 aliphatic rings. The Kier molecular flexibility index (Phi) is 6.74. The fraction of sp³-hybridized carbons (Fsp3) is 0. The normalized spacial score (nSPS) is 13.5. The molecule has 0 unspecified atom stereocenters. The van der Waals surface area contributed by atoms with E-state index in [2.05, 4.69) is 0 Å². The van der Waals surface area contributed by atoms with Gasteiger partial charge in [-0.25, -0.2) is 36.7 Å². The highest BCUT2D eigenvalue weighted by Gasteiger charge is 2.31. The summed E-state index contributed by atoms with van der Waals surface area (Å²) in [7, 11) is 0. The lowest BCUT2D eigenvalue weighted by Gasteiger charge is -2.16. The Balaban J connectivity index is 1.73.